The number of hydrogen-bond donors (Lipinski definition) is 2. The van der Waals surface area contributed by atoms with Crippen LogP contribution >= 0.6 is 12.6 Å². The van der Waals surface area contributed by atoms with Crippen LogP contribution in [0.15, 0.2) is 0 Å². The van der Waals surface area contributed by atoms with Gasteiger partial charge in [-0.05, 0) is 19.8 Å². The molecule has 0 aromatic rings. The topological polar surface area (TPSA) is 60.2 Å². The molecule has 0 aliphatic carbocycles. The first kappa shape index (κ1) is 12.7. The van der Waals surface area contributed by atoms with E-state index in [1.165, 1.54) is 0 Å². The molecule has 13 heavy (non-hydrogen) atoms. The van der Waals surface area contributed by atoms with Crippen molar-refractivity contribution in [3.05, 3.63) is 0 Å². The van der Waals surface area contributed by atoms with E-state index in [0.717, 1.165) is 19.3 Å². The molecule has 0 bridgehead atoms. The van der Waals surface area contributed by atoms with Crippen LogP contribution in [0.5, 0.6) is 0 Å². The quantitative estimate of drug-likeness (QED) is 0.484. The van der Waals surface area contributed by atoms with Gasteiger partial charge < -0.3 is 5.73 Å². The highest BCUT2D eigenvalue weighted by molar-refractivity contribution is 7.96. The number of hydrogen-bond acceptors (Lipinski definition) is 3. The van der Waals surface area contributed by atoms with Gasteiger partial charge in [0.15, 0.2) is 5.12 Å². The summed E-state index contributed by atoms with van der Waals surface area (Å²) < 4.78 is 0. The molecule has 1 unspecified atom stereocenters. The molecule has 4 heteroatoms. The van der Waals surface area contributed by atoms with Crippen molar-refractivity contribution in [1.82, 2.24) is 0 Å². The molecule has 0 aromatic carbocycles. The number of nitrogens with two attached hydrogens (primary N) is 1. The zero-order valence-electron chi connectivity index (χ0n) is 7.95. The number of rotatable bonds is 7. The molecule has 76 valence electrons. The highest BCUT2D eigenvalue weighted by Gasteiger charge is 2.06. The lowest BCUT2D eigenvalue weighted by Crippen LogP contribution is -2.26. The smallest absolute Gasteiger partial charge is 0.185 e. The summed E-state index contributed by atoms with van der Waals surface area (Å²) in [6.07, 6.45) is 3.55. The van der Waals surface area contributed by atoms with E-state index in [-0.39, 0.29) is 16.9 Å². The zero-order chi connectivity index (χ0) is 10.3. The predicted octanol–water partition coefficient (Wildman–Crippen LogP) is 1.31. The molecule has 0 saturated heterocycles. The third-order valence-corrected chi connectivity index (χ3v) is 2.05. The van der Waals surface area contributed by atoms with Crippen molar-refractivity contribution < 1.29 is 9.59 Å². The number of thiol groups is 1. The summed E-state index contributed by atoms with van der Waals surface area (Å²) in [6.45, 7) is 1.69. The molecule has 0 radical (unpaired) electrons. The predicted molar refractivity (Wildman–Crippen MR) is 55.7 cm³/mol. The average molecular weight is 203 g/mol. The summed E-state index contributed by atoms with van der Waals surface area (Å²) in [5, 5.41) is -0.0847. The van der Waals surface area contributed by atoms with E-state index < -0.39 is 0 Å². The lowest BCUT2D eigenvalue weighted by Gasteiger charge is -2.02. The third-order valence-electron chi connectivity index (χ3n) is 1.82. The van der Waals surface area contributed by atoms with Crippen molar-refractivity contribution in [2.45, 2.75) is 45.1 Å². The summed E-state index contributed by atoms with van der Waals surface area (Å²) in [7, 11) is 0. The second-order valence-corrected chi connectivity index (χ2v) is 3.71. The largest absolute Gasteiger partial charge is 0.322 e. The first-order chi connectivity index (χ1) is 6.04. The fraction of sp³-hybridized carbons (Fsp3) is 0.778. The van der Waals surface area contributed by atoms with Gasteiger partial charge >= 0.3 is 0 Å². The Kier molecular flexibility index (Phi) is 6.90. The van der Waals surface area contributed by atoms with Gasteiger partial charge in [0.1, 0.15) is 5.78 Å². The van der Waals surface area contributed by atoms with Crippen molar-refractivity contribution in [2.75, 3.05) is 0 Å². The van der Waals surface area contributed by atoms with E-state index >= 15 is 0 Å². The van der Waals surface area contributed by atoms with E-state index in [4.69, 9.17) is 5.73 Å². The van der Waals surface area contributed by atoms with Gasteiger partial charge in [0, 0.05) is 12.8 Å². The molecule has 0 rings (SSSR count). The lowest BCUT2D eigenvalue weighted by molar-refractivity contribution is -0.120. The molecule has 3 nitrogen and oxygen atoms in total. The molecule has 0 aliphatic rings. The van der Waals surface area contributed by atoms with Crippen LogP contribution in [0.1, 0.15) is 39.0 Å². The summed E-state index contributed by atoms with van der Waals surface area (Å²) >= 11 is 3.65. The average Bonchev–Trinajstić information content (AvgIpc) is 2.02. The summed E-state index contributed by atoms with van der Waals surface area (Å²) in [6, 6.07) is -0.355. The first-order valence-corrected chi connectivity index (χ1v) is 4.99. The van der Waals surface area contributed by atoms with E-state index in [2.05, 4.69) is 12.6 Å². The van der Waals surface area contributed by atoms with Crippen LogP contribution in [-0.4, -0.2) is 16.9 Å². The summed E-state index contributed by atoms with van der Waals surface area (Å²) in [5.41, 5.74) is 5.38. The van der Waals surface area contributed by atoms with E-state index in [1.54, 1.807) is 6.92 Å². The van der Waals surface area contributed by atoms with Crippen molar-refractivity contribution in [2.24, 2.45) is 5.73 Å². The highest BCUT2D eigenvalue weighted by atomic mass is 32.1. The Morgan fingerprint density at radius 2 is 1.77 bits per heavy atom. The van der Waals surface area contributed by atoms with Crippen molar-refractivity contribution in [3.63, 3.8) is 0 Å². The van der Waals surface area contributed by atoms with Crippen LogP contribution in [0.25, 0.3) is 0 Å². The van der Waals surface area contributed by atoms with Crippen LogP contribution in [0, 0.1) is 0 Å². The SMILES string of the molecule is CC(N)C(=O)CCCCCC(=O)S. The van der Waals surface area contributed by atoms with E-state index in [9.17, 15) is 9.59 Å². The minimum atomic E-state index is -0.355. The fourth-order valence-electron chi connectivity index (χ4n) is 0.980. The minimum Gasteiger partial charge on any atom is -0.322 e. The van der Waals surface area contributed by atoms with Gasteiger partial charge in [-0.3, -0.25) is 9.59 Å². The van der Waals surface area contributed by atoms with Gasteiger partial charge in [0.25, 0.3) is 0 Å². The Balaban J connectivity index is 3.26. The molecule has 0 aromatic heterocycles. The maximum Gasteiger partial charge on any atom is 0.185 e. The van der Waals surface area contributed by atoms with Crippen LogP contribution in [0.2, 0.25) is 0 Å². The molecule has 0 saturated carbocycles. The summed E-state index contributed by atoms with van der Waals surface area (Å²) in [4.78, 5) is 21.5. The standard InChI is InChI=1S/C9H17NO2S/c1-7(10)8(11)5-3-2-4-6-9(12)13/h7H,2-6,10H2,1H3,(H,12,13). The molecule has 0 heterocycles. The van der Waals surface area contributed by atoms with Crippen LogP contribution in [-0.2, 0) is 9.59 Å². The Hall–Kier alpha value is -0.350. The number of carbonyl (C=O) groups is 2. The van der Waals surface area contributed by atoms with Crippen LogP contribution in [0.3, 0.4) is 0 Å². The van der Waals surface area contributed by atoms with E-state index in [1.807, 2.05) is 0 Å². The molecule has 0 aliphatic heterocycles. The molecule has 0 fully saturated rings. The van der Waals surface area contributed by atoms with Gasteiger partial charge in [-0.2, -0.15) is 0 Å². The molecule has 1 atom stereocenters. The number of unbranched alkanes of at least 4 members (excludes halogenated alkanes) is 2. The maximum absolute atomic E-state index is 11.0. The number of ketones is 1. The van der Waals surface area contributed by atoms with Crippen molar-refractivity contribution >= 4 is 23.5 Å². The first-order valence-electron chi connectivity index (χ1n) is 4.54. The third kappa shape index (κ3) is 7.99. The van der Waals surface area contributed by atoms with Gasteiger partial charge in [-0.1, -0.05) is 6.42 Å². The molecular weight excluding hydrogens is 186 g/mol. The summed E-state index contributed by atoms with van der Waals surface area (Å²) in [5.74, 6) is 0.0946. The zero-order valence-corrected chi connectivity index (χ0v) is 8.85. The molecule has 2 N–H and O–H groups in total. The Morgan fingerprint density at radius 3 is 2.23 bits per heavy atom. The van der Waals surface area contributed by atoms with Crippen LogP contribution < -0.4 is 5.73 Å². The molecular formula is C9H17NO2S. The van der Waals surface area contributed by atoms with Gasteiger partial charge in [0.05, 0.1) is 6.04 Å². The van der Waals surface area contributed by atoms with Gasteiger partial charge in [0.2, 0.25) is 0 Å². The van der Waals surface area contributed by atoms with Crippen molar-refractivity contribution in [3.8, 4) is 0 Å². The number of Topliss-reactive ketones (excluding diaryl/α,β-unsaturated/α-hetero) is 1. The van der Waals surface area contributed by atoms with Crippen LogP contribution in [0.4, 0.5) is 0 Å². The second kappa shape index (κ2) is 7.09. The van der Waals surface area contributed by atoms with E-state index in [0.29, 0.717) is 12.8 Å². The second-order valence-electron chi connectivity index (χ2n) is 3.21. The van der Waals surface area contributed by atoms with Crippen molar-refractivity contribution in [1.29, 1.82) is 0 Å². The Labute approximate surface area is 84.5 Å². The Morgan fingerprint density at radius 1 is 1.23 bits per heavy atom. The monoisotopic (exact) mass is 203 g/mol. The highest BCUT2D eigenvalue weighted by Crippen LogP contribution is 2.05. The lowest BCUT2D eigenvalue weighted by atomic mass is 10.1. The fourth-order valence-corrected chi connectivity index (χ4v) is 1.14. The van der Waals surface area contributed by atoms with Gasteiger partial charge in [-0.15, -0.1) is 12.6 Å². The molecule has 0 spiro atoms. The maximum atomic E-state index is 11.0. The molecule has 0 amide bonds. The van der Waals surface area contributed by atoms with Gasteiger partial charge in [-0.25, -0.2) is 0 Å². The normalized spacial score (nSPS) is 12.5. The Bertz CT molecular complexity index is 180. The number of carbonyl (C=O) groups excluding carboxylic acids is 2. The minimum absolute atomic E-state index is 0.0847.